The van der Waals surface area contributed by atoms with Crippen molar-refractivity contribution in [2.24, 2.45) is 5.92 Å². The molecule has 1 aromatic rings. The Morgan fingerprint density at radius 2 is 2.21 bits per heavy atom. The zero-order valence-electron chi connectivity index (χ0n) is 8.00. The molecule has 0 unspecified atom stereocenters. The van der Waals surface area contributed by atoms with Crippen molar-refractivity contribution in [2.45, 2.75) is 26.9 Å². The van der Waals surface area contributed by atoms with Crippen LogP contribution in [-0.2, 0) is 6.42 Å². The summed E-state index contributed by atoms with van der Waals surface area (Å²) in [5.74, 6) is 0.703. The van der Waals surface area contributed by atoms with Crippen LogP contribution in [-0.4, -0.2) is 16.6 Å². The molecule has 0 aliphatic heterocycles. The first-order chi connectivity index (χ1) is 6.58. The van der Waals surface area contributed by atoms with Gasteiger partial charge in [0, 0.05) is 12.5 Å². The van der Waals surface area contributed by atoms with E-state index in [1.54, 1.807) is 0 Å². The van der Waals surface area contributed by atoms with Crippen molar-refractivity contribution in [2.75, 3.05) is 0 Å². The highest BCUT2D eigenvalue weighted by atomic mass is 19.3. The first-order valence-corrected chi connectivity index (χ1v) is 4.26. The standard InChI is InChI=1S/C9H11F2N2O/c1-6(2)5-7-12-4-3-8(13-7)14-9(10)11/h3,6,9H,5H2,1-2H3. The molecule has 0 spiro atoms. The Morgan fingerprint density at radius 3 is 2.79 bits per heavy atom. The van der Waals surface area contributed by atoms with Gasteiger partial charge in [0.1, 0.15) is 5.82 Å². The molecule has 1 aromatic heterocycles. The van der Waals surface area contributed by atoms with Gasteiger partial charge in [0.15, 0.2) is 0 Å². The molecular weight excluding hydrogens is 190 g/mol. The maximum atomic E-state index is 11.8. The molecule has 1 radical (unpaired) electrons. The summed E-state index contributed by atoms with van der Waals surface area (Å²) in [6.45, 7) is 1.12. The summed E-state index contributed by atoms with van der Waals surface area (Å²) in [6, 6.07) is 1.19. The average Bonchev–Trinajstić information content (AvgIpc) is 2.01. The van der Waals surface area contributed by atoms with E-state index in [2.05, 4.69) is 20.9 Å². The number of hydrogen-bond acceptors (Lipinski definition) is 3. The Balaban J connectivity index is 2.68. The van der Waals surface area contributed by atoms with Crippen molar-refractivity contribution in [3.63, 3.8) is 0 Å². The smallest absolute Gasteiger partial charge is 0.388 e. The Bertz CT molecular complexity index is 267. The zero-order valence-corrected chi connectivity index (χ0v) is 8.00. The number of hydrogen-bond donors (Lipinski definition) is 0. The predicted octanol–water partition coefficient (Wildman–Crippen LogP) is 2.08. The van der Waals surface area contributed by atoms with Gasteiger partial charge >= 0.3 is 6.61 Å². The molecule has 0 aliphatic rings. The molecule has 0 N–H and O–H groups in total. The molecule has 14 heavy (non-hydrogen) atoms. The zero-order chi connectivity index (χ0) is 10.6. The molecule has 3 nitrogen and oxygen atoms in total. The van der Waals surface area contributed by atoms with E-state index in [9.17, 15) is 8.78 Å². The topological polar surface area (TPSA) is 35.0 Å². The lowest BCUT2D eigenvalue weighted by Gasteiger charge is -2.05. The molecule has 0 saturated carbocycles. The van der Waals surface area contributed by atoms with Gasteiger partial charge in [-0.3, -0.25) is 0 Å². The molecule has 0 amide bonds. The summed E-state index contributed by atoms with van der Waals surface area (Å²) in [5, 5.41) is 0. The molecule has 0 fully saturated rings. The van der Waals surface area contributed by atoms with Crippen molar-refractivity contribution in [3.8, 4) is 5.88 Å². The molecule has 5 heteroatoms. The number of rotatable bonds is 4. The van der Waals surface area contributed by atoms with Gasteiger partial charge in [-0.15, -0.1) is 0 Å². The second-order valence-corrected chi connectivity index (χ2v) is 3.23. The lowest BCUT2D eigenvalue weighted by molar-refractivity contribution is -0.0530. The Kier molecular flexibility index (Phi) is 3.73. The van der Waals surface area contributed by atoms with Crippen molar-refractivity contribution in [3.05, 3.63) is 18.1 Å². The maximum absolute atomic E-state index is 11.8. The minimum Gasteiger partial charge on any atom is -0.417 e. The molecule has 1 heterocycles. The van der Waals surface area contributed by atoms with Crippen LogP contribution >= 0.6 is 0 Å². The van der Waals surface area contributed by atoms with Crippen LogP contribution in [0.15, 0.2) is 6.07 Å². The third kappa shape index (κ3) is 3.64. The molecule has 1 rings (SSSR count). The average molecular weight is 201 g/mol. The normalized spacial score (nSPS) is 11.0. The van der Waals surface area contributed by atoms with E-state index in [1.807, 2.05) is 13.8 Å². The Labute approximate surface area is 81.1 Å². The van der Waals surface area contributed by atoms with Crippen LogP contribution in [0.25, 0.3) is 0 Å². The molecule has 0 aromatic carbocycles. The van der Waals surface area contributed by atoms with E-state index in [0.29, 0.717) is 18.2 Å². The summed E-state index contributed by atoms with van der Waals surface area (Å²) in [6.07, 6.45) is 3.09. The fourth-order valence-corrected chi connectivity index (χ4v) is 0.955. The van der Waals surface area contributed by atoms with E-state index in [-0.39, 0.29) is 5.88 Å². The lowest BCUT2D eigenvalue weighted by Crippen LogP contribution is -2.07. The summed E-state index contributed by atoms with van der Waals surface area (Å²) in [7, 11) is 0. The van der Waals surface area contributed by atoms with Crippen LogP contribution in [0.3, 0.4) is 0 Å². The fourth-order valence-electron chi connectivity index (χ4n) is 0.955. The maximum Gasteiger partial charge on any atom is 0.388 e. The van der Waals surface area contributed by atoms with Crippen LogP contribution in [0.2, 0.25) is 0 Å². The van der Waals surface area contributed by atoms with Crippen molar-refractivity contribution < 1.29 is 13.5 Å². The van der Waals surface area contributed by atoms with Gasteiger partial charge in [-0.2, -0.15) is 13.8 Å². The van der Waals surface area contributed by atoms with Crippen molar-refractivity contribution in [1.29, 1.82) is 0 Å². The number of aromatic nitrogens is 2. The minimum absolute atomic E-state index is 0.134. The highest BCUT2D eigenvalue weighted by Crippen LogP contribution is 2.10. The number of alkyl halides is 2. The summed E-state index contributed by atoms with van der Waals surface area (Å²) in [4.78, 5) is 7.63. The van der Waals surface area contributed by atoms with E-state index in [4.69, 9.17) is 0 Å². The number of halogens is 2. The summed E-state index contributed by atoms with van der Waals surface area (Å²) in [5.41, 5.74) is 0. The van der Waals surface area contributed by atoms with E-state index < -0.39 is 6.61 Å². The predicted molar refractivity (Wildman–Crippen MR) is 46.0 cm³/mol. The van der Waals surface area contributed by atoms with Gasteiger partial charge in [0.2, 0.25) is 5.88 Å². The van der Waals surface area contributed by atoms with Gasteiger partial charge < -0.3 is 4.74 Å². The highest BCUT2D eigenvalue weighted by molar-refractivity contribution is 5.07. The van der Waals surface area contributed by atoms with E-state index in [0.717, 1.165) is 0 Å². The third-order valence-corrected chi connectivity index (χ3v) is 1.42. The summed E-state index contributed by atoms with van der Waals surface area (Å²) < 4.78 is 27.8. The van der Waals surface area contributed by atoms with E-state index in [1.165, 1.54) is 6.07 Å². The third-order valence-electron chi connectivity index (χ3n) is 1.42. The molecule has 0 aliphatic carbocycles. The second kappa shape index (κ2) is 4.83. The second-order valence-electron chi connectivity index (χ2n) is 3.23. The van der Waals surface area contributed by atoms with E-state index >= 15 is 0 Å². The molecule has 0 bridgehead atoms. The van der Waals surface area contributed by atoms with Crippen molar-refractivity contribution >= 4 is 0 Å². The molecular formula is C9H11F2N2O. The van der Waals surface area contributed by atoms with Crippen LogP contribution in [0.1, 0.15) is 19.7 Å². The van der Waals surface area contributed by atoms with Gasteiger partial charge in [-0.1, -0.05) is 13.8 Å². The van der Waals surface area contributed by atoms with Crippen LogP contribution < -0.4 is 4.74 Å². The number of nitrogens with zero attached hydrogens (tertiary/aromatic N) is 2. The Hall–Kier alpha value is -1.26. The number of ether oxygens (including phenoxy) is 1. The molecule has 0 atom stereocenters. The molecule has 77 valence electrons. The van der Waals surface area contributed by atoms with Gasteiger partial charge in [0.05, 0.1) is 6.20 Å². The first-order valence-electron chi connectivity index (χ1n) is 4.26. The van der Waals surface area contributed by atoms with Gasteiger partial charge in [-0.05, 0) is 5.92 Å². The van der Waals surface area contributed by atoms with Crippen LogP contribution in [0.4, 0.5) is 8.78 Å². The van der Waals surface area contributed by atoms with Crippen molar-refractivity contribution in [1.82, 2.24) is 9.97 Å². The lowest BCUT2D eigenvalue weighted by atomic mass is 10.1. The van der Waals surface area contributed by atoms with Gasteiger partial charge in [-0.25, -0.2) is 4.98 Å². The summed E-state index contributed by atoms with van der Waals surface area (Å²) >= 11 is 0. The quantitative estimate of drug-likeness (QED) is 0.748. The SMILES string of the molecule is CC(C)Cc1n[c]cc(OC(F)F)n1. The fraction of sp³-hybridized carbons (Fsp3) is 0.556. The van der Waals surface area contributed by atoms with Crippen LogP contribution in [0.5, 0.6) is 5.88 Å². The van der Waals surface area contributed by atoms with Gasteiger partial charge in [0.25, 0.3) is 0 Å². The monoisotopic (exact) mass is 201 g/mol. The molecule has 0 saturated heterocycles. The largest absolute Gasteiger partial charge is 0.417 e. The minimum atomic E-state index is -2.86. The highest BCUT2D eigenvalue weighted by Gasteiger charge is 2.07. The first kappa shape index (κ1) is 10.8. The van der Waals surface area contributed by atoms with Crippen LogP contribution in [0, 0.1) is 12.1 Å². The Morgan fingerprint density at radius 1 is 1.50 bits per heavy atom.